The molecule has 0 aliphatic carbocycles. The molecule has 26 heavy (non-hydrogen) atoms. The van der Waals surface area contributed by atoms with Gasteiger partial charge in [-0.1, -0.05) is 50.2 Å². The van der Waals surface area contributed by atoms with Gasteiger partial charge in [-0.05, 0) is 34.7 Å². The first-order chi connectivity index (χ1) is 12.3. The Morgan fingerprint density at radius 1 is 1.04 bits per heavy atom. The van der Waals surface area contributed by atoms with Crippen LogP contribution in [0.15, 0.2) is 59.5 Å². The Balaban J connectivity index is 2.10. The van der Waals surface area contributed by atoms with Gasteiger partial charge in [0.05, 0.1) is 6.07 Å². The minimum atomic E-state index is -4.23. The van der Waals surface area contributed by atoms with Crippen LogP contribution in [0.1, 0.15) is 25.3 Å². The van der Waals surface area contributed by atoms with Crippen LogP contribution in [0.4, 0.5) is 5.69 Å². The Morgan fingerprint density at radius 3 is 2.23 bits per heavy atom. The number of benzene rings is 3. The van der Waals surface area contributed by atoms with E-state index in [1.807, 2.05) is 13.8 Å². The first kappa shape index (κ1) is 17.7. The van der Waals surface area contributed by atoms with Crippen LogP contribution in [-0.4, -0.2) is 8.42 Å². The van der Waals surface area contributed by atoms with Crippen molar-refractivity contribution < 1.29 is 17.7 Å². The van der Waals surface area contributed by atoms with Crippen molar-refractivity contribution in [2.24, 2.45) is 0 Å². The van der Waals surface area contributed by atoms with Crippen molar-refractivity contribution in [1.29, 1.82) is 5.39 Å². The highest BCUT2D eigenvalue weighted by atomic mass is 32.2. The third kappa shape index (κ3) is 3.19. The van der Waals surface area contributed by atoms with Crippen molar-refractivity contribution >= 4 is 26.6 Å². The summed E-state index contributed by atoms with van der Waals surface area (Å²) in [6.07, 6.45) is 0. The zero-order valence-corrected chi connectivity index (χ0v) is 15.0. The van der Waals surface area contributed by atoms with Crippen molar-refractivity contribution in [1.82, 2.24) is 0 Å². The van der Waals surface area contributed by atoms with Crippen molar-refractivity contribution in [3.8, 4) is 11.5 Å². The van der Waals surface area contributed by atoms with E-state index < -0.39 is 15.9 Å². The molecule has 0 bridgehead atoms. The molecule has 0 atom stereocenters. The quantitative estimate of drug-likeness (QED) is 0.506. The van der Waals surface area contributed by atoms with Crippen LogP contribution in [0.25, 0.3) is 15.7 Å². The molecule has 0 saturated carbocycles. The van der Waals surface area contributed by atoms with E-state index in [1.54, 1.807) is 36.4 Å². The maximum atomic E-state index is 12.8. The minimum absolute atomic E-state index is 0.139. The second-order valence-corrected chi connectivity index (χ2v) is 7.64. The number of hydrogen-bond acceptors (Lipinski definition) is 5. The van der Waals surface area contributed by atoms with Gasteiger partial charge in [0.1, 0.15) is 10.6 Å². The van der Waals surface area contributed by atoms with E-state index >= 15 is 0 Å². The maximum absolute atomic E-state index is 12.8. The highest BCUT2D eigenvalue weighted by Gasteiger charge is 2.25. The fraction of sp³-hybridized carbons (Fsp3) is 0.158. The van der Waals surface area contributed by atoms with E-state index in [9.17, 15) is 13.5 Å². The van der Waals surface area contributed by atoms with Crippen LogP contribution >= 0.6 is 0 Å². The highest BCUT2D eigenvalue weighted by molar-refractivity contribution is 7.87. The first-order valence-electron chi connectivity index (χ1n) is 7.96. The van der Waals surface area contributed by atoms with E-state index in [2.05, 4.69) is 4.98 Å². The Morgan fingerprint density at radius 2 is 1.65 bits per heavy atom. The number of nitrogens with zero attached hydrogens (tertiary/aromatic N) is 2. The first-order valence-corrected chi connectivity index (χ1v) is 9.36. The maximum Gasteiger partial charge on any atom is 0.379 e. The van der Waals surface area contributed by atoms with Crippen LogP contribution in [0, 0.1) is 5.39 Å². The summed E-state index contributed by atoms with van der Waals surface area (Å²) in [5, 5.41) is 21.6. The molecule has 0 aliphatic heterocycles. The standard InChI is InChI=1S/C19H16N2O4S/c1-12(2)13-7-9-14(10-8-13)25-26(23,24)18-11-17(21-20)19(22)16-6-4-3-5-15(16)18/h3-12H,1-2H3. The summed E-state index contributed by atoms with van der Waals surface area (Å²) in [6, 6.07) is 14.0. The van der Waals surface area contributed by atoms with Crippen LogP contribution in [0.5, 0.6) is 11.5 Å². The molecule has 0 fully saturated rings. The molecule has 0 aliphatic rings. The van der Waals surface area contributed by atoms with Crippen molar-refractivity contribution in [2.75, 3.05) is 0 Å². The second-order valence-electron chi connectivity index (χ2n) is 6.13. The molecule has 132 valence electrons. The van der Waals surface area contributed by atoms with E-state index in [4.69, 9.17) is 9.58 Å². The third-order valence-electron chi connectivity index (χ3n) is 4.07. The number of diazo groups is 1. The molecular weight excluding hydrogens is 352 g/mol. The lowest BCUT2D eigenvalue weighted by molar-refractivity contribution is -0.264. The number of fused-ring (bicyclic) bond motifs is 1. The smallest absolute Gasteiger partial charge is 0.379 e. The normalized spacial score (nSPS) is 11.5. The zero-order chi connectivity index (χ0) is 18.9. The highest BCUT2D eigenvalue weighted by Crippen LogP contribution is 2.38. The van der Waals surface area contributed by atoms with Gasteiger partial charge in [0.15, 0.2) is 4.98 Å². The minimum Gasteiger partial charge on any atom is -0.867 e. The monoisotopic (exact) mass is 368 g/mol. The predicted octanol–water partition coefficient (Wildman–Crippen LogP) is 4.29. The Labute approximate surface area is 151 Å². The van der Waals surface area contributed by atoms with Gasteiger partial charge < -0.3 is 9.29 Å². The summed E-state index contributed by atoms with van der Waals surface area (Å²) in [7, 11) is -4.23. The summed E-state index contributed by atoms with van der Waals surface area (Å²) in [5.41, 5.74) is 0.693. The van der Waals surface area contributed by atoms with E-state index in [0.717, 1.165) is 11.6 Å². The molecule has 7 heteroatoms. The lowest BCUT2D eigenvalue weighted by atomic mass is 10.0. The van der Waals surface area contributed by atoms with Gasteiger partial charge in [-0.3, -0.25) is 0 Å². The Hall–Kier alpha value is -3.11. The lowest BCUT2D eigenvalue weighted by Gasteiger charge is -2.13. The zero-order valence-electron chi connectivity index (χ0n) is 14.2. The molecular formula is C19H16N2O4S. The topological polar surface area (TPSA) is 94.6 Å². The third-order valence-corrected chi connectivity index (χ3v) is 5.36. The summed E-state index contributed by atoms with van der Waals surface area (Å²) in [6.45, 7) is 4.06. The molecule has 0 unspecified atom stereocenters. The Bertz CT molecular complexity index is 1110. The predicted molar refractivity (Wildman–Crippen MR) is 96.5 cm³/mol. The Kier molecular flexibility index (Phi) is 4.53. The van der Waals surface area contributed by atoms with Crippen LogP contribution in [-0.2, 0) is 10.1 Å². The van der Waals surface area contributed by atoms with E-state index in [0.29, 0.717) is 5.92 Å². The van der Waals surface area contributed by atoms with Crippen LogP contribution in [0.3, 0.4) is 0 Å². The molecule has 3 rings (SSSR count). The average molecular weight is 368 g/mol. The molecule has 0 saturated heterocycles. The van der Waals surface area contributed by atoms with Crippen LogP contribution < -0.4 is 9.29 Å². The van der Waals surface area contributed by atoms with Crippen molar-refractivity contribution in [2.45, 2.75) is 24.7 Å². The molecule has 0 aromatic heterocycles. The van der Waals surface area contributed by atoms with Crippen LogP contribution in [0.2, 0.25) is 0 Å². The van der Waals surface area contributed by atoms with Gasteiger partial charge in [0, 0.05) is 5.39 Å². The summed E-state index contributed by atoms with van der Waals surface area (Å²) >= 11 is 0. The molecule has 6 nitrogen and oxygen atoms in total. The van der Waals surface area contributed by atoms with Gasteiger partial charge >= 0.3 is 15.8 Å². The van der Waals surface area contributed by atoms with Gasteiger partial charge in [-0.15, -0.1) is 0 Å². The van der Waals surface area contributed by atoms with Gasteiger partial charge in [-0.25, -0.2) is 0 Å². The fourth-order valence-corrected chi connectivity index (χ4v) is 3.82. The average Bonchev–Trinajstić information content (AvgIpc) is 2.62. The fourth-order valence-electron chi connectivity index (χ4n) is 2.66. The summed E-state index contributed by atoms with van der Waals surface area (Å²) in [4.78, 5) is 2.67. The molecule has 3 aromatic carbocycles. The largest absolute Gasteiger partial charge is 0.867 e. The number of rotatable bonds is 4. The second kappa shape index (κ2) is 6.65. The lowest BCUT2D eigenvalue weighted by Crippen LogP contribution is -2.11. The van der Waals surface area contributed by atoms with Crippen molar-refractivity contribution in [3.05, 3.63) is 65.1 Å². The molecule has 0 spiro atoms. The van der Waals surface area contributed by atoms with Gasteiger partial charge in [0.25, 0.3) is 0 Å². The molecule has 0 heterocycles. The number of hydrogen-bond donors (Lipinski definition) is 0. The van der Waals surface area contributed by atoms with Gasteiger partial charge in [-0.2, -0.15) is 8.42 Å². The summed E-state index contributed by atoms with van der Waals surface area (Å²) < 4.78 is 30.7. The van der Waals surface area contributed by atoms with Gasteiger partial charge in [0.2, 0.25) is 5.39 Å². The van der Waals surface area contributed by atoms with Crippen molar-refractivity contribution in [3.63, 3.8) is 0 Å². The summed E-state index contributed by atoms with van der Waals surface area (Å²) in [5.74, 6) is -0.0848. The van der Waals surface area contributed by atoms with E-state index in [-0.39, 0.29) is 27.1 Å². The SMILES string of the molecule is CC(C)c1ccc(OS(=O)(=O)c2cc([N+]#N)c([O-])c3ccccc23)cc1. The molecule has 0 radical (unpaired) electrons. The molecule has 0 N–H and O–H groups in total. The molecule has 0 amide bonds. The van der Waals surface area contributed by atoms with E-state index in [1.165, 1.54) is 12.1 Å². The molecule has 3 aromatic rings.